The van der Waals surface area contributed by atoms with E-state index in [1.54, 1.807) is 0 Å². The summed E-state index contributed by atoms with van der Waals surface area (Å²) in [4.78, 5) is 14.5. The number of urea groups is 1. The zero-order valence-electron chi connectivity index (χ0n) is 15.2. The van der Waals surface area contributed by atoms with Crippen molar-refractivity contribution in [3.8, 4) is 0 Å². The third-order valence-electron chi connectivity index (χ3n) is 4.27. The highest BCUT2D eigenvalue weighted by atomic mass is 16.5. The van der Waals surface area contributed by atoms with E-state index in [0.29, 0.717) is 11.7 Å². The number of hydrogen-bond donors (Lipinski definition) is 1. The first-order valence-corrected chi connectivity index (χ1v) is 9.15. The number of amides is 2. The minimum atomic E-state index is -0.0688. The van der Waals surface area contributed by atoms with Gasteiger partial charge in [0.15, 0.2) is 5.82 Å². The van der Waals surface area contributed by atoms with Crippen molar-refractivity contribution in [2.45, 2.75) is 72.6 Å². The lowest BCUT2D eigenvalue weighted by Crippen LogP contribution is -2.39. The topological polar surface area (TPSA) is 58.4 Å². The molecule has 0 unspecified atom stereocenters. The number of rotatable bonds is 11. The number of carbonyl (C=O) groups excluding carboxylic acids is 1. The molecule has 0 aliphatic rings. The van der Waals surface area contributed by atoms with E-state index in [0.717, 1.165) is 63.8 Å². The Morgan fingerprint density at radius 2 is 1.91 bits per heavy atom. The molecule has 5 nitrogen and oxygen atoms in total. The van der Waals surface area contributed by atoms with Gasteiger partial charge in [-0.3, -0.25) is 5.32 Å². The minimum absolute atomic E-state index is 0.0688. The monoisotopic (exact) mass is 323 g/mol. The van der Waals surface area contributed by atoms with Crippen LogP contribution in [0.25, 0.3) is 0 Å². The zero-order chi connectivity index (χ0) is 17.1. The molecule has 23 heavy (non-hydrogen) atoms. The van der Waals surface area contributed by atoms with Gasteiger partial charge in [-0.15, -0.1) is 0 Å². The smallest absolute Gasteiger partial charge is 0.323 e. The Bertz CT molecular complexity index is 441. The maximum Gasteiger partial charge on any atom is 0.323 e. The normalized spacial score (nSPS) is 11.0. The number of nitrogens with zero attached hydrogens (tertiary/aromatic N) is 2. The van der Waals surface area contributed by atoms with Crippen molar-refractivity contribution in [3.05, 3.63) is 11.8 Å². The van der Waals surface area contributed by atoms with Crippen molar-refractivity contribution in [2.75, 3.05) is 18.4 Å². The lowest BCUT2D eigenvalue weighted by atomic mass is 10.0. The summed E-state index contributed by atoms with van der Waals surface area (Å²) in [6.45, 7) is 10.2. The van der Waals surface area contributed by atoms with E-state index >= 15 is 0 Å². The first-order valence-electron chi connectivity index (χ1n) is 9.15. The summed E-state index contributed by atoms with van der Waals surface area (Å²) in [6, 6.07) is 1.77. The highest BCUT2D eigenvalue weighted by Gasteiger charge is 2.18. The van der Waals surface area contributed by atoms with Crippen molar-refractivity contribution >= 4 is 11.8 Å². The molecule has 132 valence electrons. The van der Waals surface area contributed by atoms with E-state index < -0.39 is 0 Å². The van der Waals surface area contributed by atoms with Gasteiger partial charge < -0.3 is 9.42 Å². The Morgan fingerprint density at radius 3 is 2.52 bits per heavy atom. The SMILES string of the molecule is CCCCc1cc(NC(=O)N(CCCC)CC(CC)CC)no1. The number of aryl methyl sites for hydroxylation is 1. The summed E-state index contributed by atoms with van der Waals surface area (Å²) < 4.78 is 5.27. The van der Waals surface area contributed by atoms with Gasteiger partial charge in [-0.05, 0) is 18.8 Å². The van der Waals surface area contributed by atoms with Gasteiger partial charge in [0.05, 0.1) is 0 Å². The van der Waals surface area contributed by atoms with E-state index in [1.807, 2.05) is 11.0 Å². The van der Waals surface area contributed by atoms with E-state index in [-0.39, 0.29) is 6.03 Å². The highest BCUT2D eigenvalue weighted by Crippen LogP contribution is 2.15. The first-order chi connectivity index (χ1) is 11.1. The van der Waals surface area contributed by atoms with Crippen LogP contribution in [0.2, 0.25) is 0 Å². The van der Waals surface area contributed by atoms with Gasteiger partial charge in [0.2, 0.25) is 0 Å². The summed E-state index contributed by atoms with van der Waals surface area (Å²) >= 11 is 0. The largest absolute Gasteiger partial charge is 0.359 e. The van der Waals surface area contributed by atoms with Gasteiger partial charge in [0.1, 0.15) is 5.76 Å². The van der Waals surface area contributed by atoms with Crippen LogP contribution in [0.15, 0.2) is 10.6 Å². The van der Waals surface area contributed by atoms with Crippen LogP contribution in [-0.4, -0.2) is 29.2 Å². The molecule has 1 aromatic rings. The fourth-order valence-corrected chi connectivity index (χ4v) is 2.51. The molecule has 0 bridgehead atoms. The molecule has 0 spiro atoms. The van der Waals surface area contributed by atoms with Crippen LogP contribution >= 0.6 is 0 Å². The zero-order valence-corrected chi connectivity index (χ0v) is 15.2. The standard InChI is InChI=1S/C18H33N3O2/c1-5-9-11-16-13-17(20-23-16)19-18(22)21(12-10-6-2)14-15(7-3)8-4/h13,15H,5-12,14H2,1-4H3,(H,19,20,22). The van der Waals surface area contributed by atoms with E-state index in [9.17, 15) is 4.79 Å². The van der Waals surface area contributed by atoms with Crippen LogP contribution in [0.4, 0.5) is 10.6 Å². The fourth-order valence-electron chi connectivity index (χ4n) is 2.51. The van der Waals surface area contributed by atoms with Crippen LogP contribution in [0.1, 0.15) is 72.0 Å². The first kappa shape index (κ1) is 19.5. The molecule has 0 aliphatic heterocycles. The van der Waals surface area contributed by atoms with E-state index in [4.69, 9.17) is 4.52 Å². The maximum atomic E-state index is 12.5. The minimum Gasteiger partial charge on any atom is -0.359 e. The average Bonchev–Trinajstić information content (AvgIpc) is 3.00. The Balaban J connectivity index is 2.62. The number of hydrogen-bond acceptors (Lipinski definition) is 3. The molecule has 1 aromatic heterocycles. The second-order valence-corrected chi connectivity index (χ2v) is 6.19. The number of aromatic nitrogens is 1. The van der Waals surface area contributed by atoms with Crippen molar-refractivity contribution in [2.24, 2.45) is 5.92 Å². The molecule has 0 aromatic carbocycles. The van der Waals surface area contributed by atoms with Gasteiger partial charge in [0, 0.05) is 25.6 Å². The Hall–Kier alpha value is -1.52. The van der Waals surface area contributed by atoms with Crippen LogP contribution in [0, 0.1) is 5.92 Å². The third-order valence-corrected chi connectivity index (χ3v) is 4.27. The lowest BCUT2D eigenvalue weighted by molar-refractivity contribution is 0.197. The van der Waals surface area contributed by atoms with Crippen LogP contribution in [0.5, 0.6) is 0 Å². The summed E-state index contributed by atoms with van der Waals surface area (Å²) in [6.07, 6.45) is 7.34. The number of unbranched alkanes of at least 4 members (excludes halogenated alkanes) is 2. The highest BCUT2D eigenvalue weighted by molar-refractivity contribution is 5.88. The molecule has 1 N–H and O–H groups in total. The third kappa shape index (κ3) is 7.06. The van der Waals surface area contributed by atoms with E-state index in [1.165, 1.54) is 0 Å². The van der Waals surface area contributed by atoms with Gasteiger partial charge in [-0.25, -0.2) is 4.79 Å². The van der Waals surface area contributed by atoms with Gasteiger partial charge in [0.25, 0.3) is 0 Å². The molecule has 0 aliphatic carbocycles. The lowest BCUT2D eigenvalue weighted by Gasteiger charge is -2.26. The molecule has 0 fully saturated rings. The summed E-state index contributed by atoms with van der Waals surface area (Å²) in [5.41, 5.74) is 0. The molecule has 5 heteroatoms. The summed E-state index contributed by atoms with van der Waals surface area (Å²) in [5.74, 6) is 1.91. The fraction of sp³-hybridized carbons (Fsp3) is 0.778. The second kappa shape index (κ2) is 11.1. The molecular weight excluding hydrogens is 290 g/mol. The van der Waals surface area contributed by atoms with E-state index in [2.05, 4.69) is 38.2 Å². The van der Waals surface area contributed by atoms with Crippen LogP contribution in [-0.2, 0) is 6.42 Å². The Labute approximate surface area is 140 Å². The second-order valence-electron chi connectivity index (χ2n) is 6.19. The molecule has 1 rings (SSSR count). The van der Waals surface area contributed by atoms with Crippen LogP contribution < -0.4 is 5.32 Å². The average molecular weight is 323 g/mol. The van der Waals surface area contributed by atoms with Gasteiger partial charge in [-0.2, -0.15) is 0 Å². The molecule has 0 saturated carbocycles. The predicted molar refractivity (Wildman–Crippen MR) is 94.7 cm³/mol. The van der Waals surface area contributed by atoms with Crippen molar-refractivity contribution < 1.29 is 9.32 Å². The molecule has 0 saturated heterocycles. The van der Waals surface area contributed by atoms with Crippen molar-refractivity contribution in [3.63, 3.8) is 0 Å². The molecule has 2 amide bonds. The number of anilines is 1. The Morgan fingerprint density at radius 1 is 1.22 bits per heavy atom. The number of nitrogens with one attached hydrogen (secondary N) is 1. The molecule has 1 heterocycles. The van der Waals surface area contributed by atoms with Crippen molar-refractivity contribution in [1.82, 2.24) is 10.1 Å². The quantitative estimate of drug-likeness (QED) is 0.617. The summed E-state index contributed by atoms with van der Waals surface area (Å²) in [7, 11) is 0. The maximum absolute atomic E-state index is 12.5. The van der Waals surface area contributed by atoms with Crippen molar-refractivity contribution in [1.29, 1.82) is 0 Å². The molecule has 0 atom stereocenters. The number of carbonyl (C=O) groups is 1. The van der Waals surface area contributed by atoms with Gasteiger partial charge >= 0.3 is 6.03 Å². The Kier molecular flexibility index (Phi) is 9.41. The predicted octanol–water partition coefficient (Wildman–Crippen LogP) is 5.09. The molecule has 0 radical (unpaired) electrons. The van der Waals surface area contributed by atoms with Crippen LogP contribution in [0.3, 0.4) is 0 Å². The van der Waals surface area contributed by atoms with Gasteiger partial charge in [-0.1, -0.05) is 58.5 Å². The molecular formula is C18H33N3O2. The summed E-state index contributed by atoms with van der Waals surface area (Å²) in [5, 5.41) is 6.84.